The van der Waals surface area contributed by atoms with Crippen molar-refractivity contribution in [3.63, 3.8) is 0 Å². The van der Waals surface area contributed by atoms with E-state index in [1.54, 1.807) is 0 Å². The summed E-state index contributed by atoms with van der Waals surface area (Å²) in [7, 11) is 0. The second-order valence-electron chi connectivity index (χ2n) is 4.80. The molecule has 1 atom stereocenters. The monoisotopic (exact) mass is 243 g/mol. The molecule has 0 saturated carbocycles. The highest BCUT2D eigenvalue weighted by molar-refractivity contribution is 7.99. The van der Waals surface area contributed by atoms with Gasteiger partial charge in [0.15, 0.2) is 5.82 Å². The van der Waals surface area contributed by atoms with Crippen molar-refractivity contribution in [3.8, 4) is 0 Å². The number of nitrogens with zero attached hydrogens (tertiary/aromatic N) is 2. The first-order chi connectivity index (χ1) is 7.40. The lowest BCUT2D eigenvalue weighted by molar-refractivity contribution is 0.345. The van der Waals surface area contributed by atoms with Crippen LogP contribution in [0.5, 0.6) is 0 Å². The predicted octanol–water partition coefficient (Wildman–Crippen LogP) is 2.38. The van der Waals surface area contributed by atoms with Gasteiger partial charge in [-0.15, -0.1) is 0 Å². The van der Waals surface area contributed by atoms with E-state index >= 15 is 0 Å². The number of rotatable bonds is 6. The Morgan fingerprint density at radius 3 is 2.75 bits per heavy atom. The molecule has 0 saturated heterocycles. The fourth-order valence-electron chi connectivity index (χ4n) is 1.14. The van der Waals surface area contributed by atoms with Crippen LogP contribution in [0, 0.1) is 0 Å². The van der Waals surface area contributed by atoms with Crippen LogP contribution in [-0.4, -0.2) is 20.9 Å². The van der Waals surface area contributed by atoms with Crippen LogP contribution >= 0.6 is 11.8 Å². The van der Waals surface area contributed by atoms with Gasteiger partial charge in [0.25, 0.3) is 0 Å². The van der Waals surface area contributed by atoms with E-state index < -0.39 is 0 Å². The van der Waals surface area contributed by atoms with Crippen molar-refractivity contribution < 1.29 is 4.52 Å². The molecule has 0 radical (unpaired) electrons. The van der Waals surface area contributed by atoms with Crippen molar-refractivity contribution >= 4 is 11.8 Å². The molecule has 0 aromatic carbocycles. The Balaban J connectivity index is 2.45. The van der Waals surface area contributed by atoms with Crippen molar-refractivity contribution in [2.24, 2.45) is 5.73 Å². The second kappa shape index (κ2) is 5.68. The minimum Gasteiger partial charge on any atom is -0.339 e. The van der Waals surface area contributed by atoms with Crippen LogP contribution < -0.4 is 5.73 Å². The van der Waals surface area contributed by atoms with Crippen LogP contribution in [0.1, 0.15) is 45.8 Å². The molecule has 0 spiro atoms. The molecule has 2 N–H and O–H groups in total. The van der Waals surface area contributed by atoms with Crippen molar-refractivity contribution in [3.05, 3.63) is 11.7 Å². The minimum atomic E-state index is -0.298. The molecule has 5 heteroatoms. The van der Waals surface area contributed by atoms with Gasteiger partial charge in [-0.25, -0.2) is 0 Å². The maximum Gasteiger partial charge on any atom is 0.228 e. The Kier molecular flexibility index (Phi) is 4.80. The van der Waals surface area contributed by atoms with E-state index in [4.69, 9.17) is 10.3 Å². The first-order valence-corrected chi connectivity index (χ1v) is 6.67. The zero-order valence-electron chi connectivity index (χ0n) is 10.5. The molecule has 0 aliphatic rings. The lowest BCUT2D eigenvalue weighted by Crippen LogP contribution is -2.34. The van der Waals surface area contributed by atoms with Crippen LogP contribution in [0.2, 0.25) is 0 Å². The van der Waals surface area contributed by atoms with E-state index in [1.165, 1.54) is 0 Å². The summed E-state index contributed by atoms with van der Waals surface area (Å²) < 4.78 is 5.15. The maximum absolute atomic E-state index is 5.89. The summed E-state index contributed by atoms with van der Waals surface area (Å²) in [4.78, 5) is 4.32. The van der Waals surface area contributed by atoms with Gasteiger partial charge in [0.2, 0.25) is 5.89 Å². The average Bonchev–Trinajstić information content (AvgIpc) is 2.59. The molecule has 1 rings (SSSR count). The average molecular weight is 243 g/mol. The highest BCUT2D eigenvalue weighted by Crippen LogP contribution is 2.18. The summed E-state index contributed by atoms with van der Waals surface area (Å²) in [6, 6.07) is 0. The van der Waals surface area contributed by atoms with Gasteiger partial charge in [0.05, 0.1) is 5.75 Å². The summed E-state index contributed by atoms with van der Waals surface area (Å²) in [5, 5.41) is 4.58. The molecule has 92 valence electrons. The molecule has 0 aliphatic carbocycles. The van der Waals surface area contributed by atoms with Crippen molar-refractivity contribution in [2.75, 3.05) is 0 Å². The molecule has 16 heavy (non-hydrogen) atoms. The Morgan fingerprint density at radius 1 is 1.50 bits per heavy atom. The third kappa shape index (κ3) is 4.99. The van der Waals surface area contributed by atoms with Gasteiger partial charge in [-0.3, -0.25) is 0 Å². The van der Waals surface area contributed by atoms with Gasteiger partial charge in [-0.05, 0) is 20.3 Å². The van der Waals surface area contributed by atoms with Gasteiger partial charge in [0, 0.05) is 17.2 Å². The number of hydrogen-bond donors (Lipinski definition) is 1. The molecule has 1 aromatic heterocycles. The third-order valence-corrected chi connectivity index (χ3v) is 3.52. The molecule has 0 fully saturated rings. The lowest BCUT2D eigenvalue weighted by atomic mass is 10.0. The van der Waals surface area contributed by atoms with Crippen molar-refractivity contribution in [2.45, 2.75) is 57.1 Å². The van der Waals surface area contributed by atoms with Crippen LogP contribution in [0.25, 0.3) is 0 Å². The summed E-state index contributed by atoms with van der Waals surface area (Å²) in [6.07, 6.45) is 1.78. The van der Waals surface area contributed by atoms with Crippen molar-refractivity contribution in [1.82, 2.24) is 10.1 Å². The van der Waals surface area contributed by atoms with Crippen LogP contribution in [0.3, 0.4) is 0 Å². The van der Waals surface area contributed by atoms with Gasteiger partial charge in [0.1, 0.15) is 0 Å². The number of thioether (sulfide) groups is 1. The van der Waals surface area contributed by atoms with Gasteiger partial charge < -0.3 is 10.3 Å². The molecule has 1 heterocycles. The smallest absolute Gasteiger partial charge is 0.228 e. The Bertz CT molecular complexity index is 319. The van der Waals surface area contributed by atoms with Gasteiger partial charge >= 0.3 is 0 Å². The predicted molar refractivity (Wildman–Crippen MR) is 67.3 cm³/mol. The Morgan fingerprint density at radius 2 is 2.19 bits per heavy atom. The fraction of sp³-hybridized carbons (Fsp3) is 0.818. The number of hydrogen-bond acceptors (Lipinski definition) is 5. The van der Waals surface area contributed by atoms with E-state index in [0.717, 1.165) is 18.0 Å². The second-order valence-corrected chi connectivity index (χ2v) is 6.23. The molecule has 1 aromatic rings. The van der Waals surface area contributed by atoms with Crippen LogP contribution in [0.15, 0.2) is 4.52 Å². The summed E-state index contributed by atoms with van der Waals surface area (Å²) in [6.45, 7) is 8.28. The molecule has 0 amide bonds. The largest absolute Gasteiger partial charge is 0.339 e. The summed E-state index contributed by atoms with van der Waals surface area (Å²) in [5.41, 5.74) is 5.59. The normalized spacial score (nSPS) is 14.1. The Labute approximate surface area is 101 Å². The zero-order valence-corrected chi connectivity index (χ0v) is 11.3. The molecule has 0 aliphatic heterocycles. The summed E-state index contributed by atoms with van der Waals surface area (Å²) >= 11 is 1.84. The molecule has 4 nitrogen and oxygen atoms in total. The van der Waals surface area contributed by atoms with Gasteiger partial charge in [-0.1, -0.05) is 19.0 Å². The highest BCUT2D eigenvalue weighted by Gasteiger charge is 2.17. The number of aromatic nitrogens is 2. The van der Waals surface area contributed by atoms with E-state index in [0.29, 0.717) is 17.6 Å². The SMILES string of the molecule is CCC(C)SCc1noc(CC(C)(C)N)n1. The fourth-order valence-corrected chi connectivity index (χ4v) is 1.93. The third-order valence-electron chi connectivity index (χ3n) is 2.19. The summed E-state index contributed by atoms with van der Waals surface area (Å²) in [5.74, 6) is 2.21. The van der Waals surface area contributed by atoms with E-state index in [1.807, 2.05) is 25.6 Å². The first kappa shape index (κ1) is 13.5. The van der Waals surface area contributed by atoms with E-state index in [9.17, 15) is 0 Å². The first-order valence-electron chi connectivity index (χ1n) is 5.62. The van der Waals surface area contributed by atoms with Crippen molar-refractivity contribution in [1.29, 1.82) is 0 Å². The maximum atomic E-state index is 5.89. The lowest BCUT2D eigenvalue weighted by Gasteiger charge is -2.14. The molecular weight excluding hydrogens is 222 g/mol. The van der Waals surface area contributed by atoms with Crippen LogP contribution in [-0.2, 0) is 12.2 Å². The van der Waals surface area contributed by atoms with E-state index in [2.05, 4.69) is 24.0 Å². The minimum absolute atomic E-state index is 0.298. The number of nitrogens with two attached hydrogens (primary N) is 1. The molecular formula is C11H21N3OS. The quantitative estimate of drug-likeness (QED) is 0.831. The van der Waals surface area contributed by atoms with Gasteiger partial charge in [-0.2, -0.15) is 16.7 Å². The highest BCUT2D eigenvalue weighted by atomic mass is 32.2. The zero-order chi connectivity index (χ0) is 12.2. The standard InChI is InChI=1S/C11H21N3OS/c1-5-8(2)16-7-9-13-10(15-14-9)6-11(3,4)12/h8H,5-7,12H2,1-4H3. The van der Waals surface area contributed by atoms with Crippen LogP contribution in [0.4, 0.5) is 0 Å². The molecule has 1 unspecified atom stereocenters. The Hall–Kier alpha value is -0.550. The molecule has 0 bridgehead atoms. The van der Waals surface area contributed by atoms with E-state index in [-0.39, 0.29) is 5.54 Å². The topological polar surface area (TPSA) is 64.9 Å².